The molecule has 1 N–H and O–H groups in total. The number of nitrogens with one attached hydrogen (secondary N) is 1. The van der Waals surface area contributed by atoms with Gasteiger partial charge >= 0.3 is 0 Å². The summed E-state index contributed by atoms with van der Waals surface area (Å²) in [6.07, 6.45) is 1.51. The second-order valence-corrected chi connectivity index (χ2v) is 7.00. The number of benzene rings is 2. The first-order valence-electron chi connectivity index (χ1n) is 6.84. The number of hydrogen-bond acceptors (Lipinski definition) is 4. The highest BCUT2D eigenvalue weighted by molar-refractivity contribution is 7.92. The molecule has 0 amide bonds. The quantitative estimate of drug-likeness (QED) is 0.898. The first-order valence-corrected chi connectivity index (χ1v) is 8.76. The van der Waals surface area contributed by atoms with Crippen LogP contribution >= 0.6 is 11.6 Å². The van der Waals surface area contributed by atoms with Crippen LogP contribution in [0, 0.1) is 0 Å². The highest BCUT2D eigenvalue weighted by Crippen LogP contribution is 2.32. The van der Waals surface area contributed by atoms with Gasteiger partial charge in [-0.05, 0) is 41.5 Å². The zero-order chi connectivity index (χ0) is 16.3. The molecule has 5 nitrogen and oxygen atoms in total. The van der Waals surface area contributed by atoms with Crippen LogP contribution in [0.4, 0.5) is 0 Å². The van der Waals surface area contributed by atoms with Gasteiger partial charge in [-0.1, -0.05) is 29.8 Å². The molecule has 0 fully saturated rings. The molecule has 23 heavy (non-hydrogen) atoms. The molecular formula is C16H14ClNO4S. The maximum absolute atomic E-state index is 12.0. The van der Waals surface area contributed by atoms with Crippen molar-refractivity contribution in [3.8, 4) is 11.5 Å². The maximum Gasteiger partial charge on any atom is 0.234 e. The molecule has 0 saturated carbocycles. The highest BCUT2D eigenvalue weighted by atomic mass is 35.5. The van der Waals surface area contributed by atoms with Crippen molar-refractivity contribution in [2.45, 2.75) is 6.54 Å². The Morgan fingerprint density at radius 3 is 2.61 bits per heavy atom. The normalized spacial score (nSPS) is 13.6. The van der Waals surface area contributed by atoms with Gasteiger partial charge in [0.15, 0.2) is 11.5 Å². The van der Waals surface area contributed by atoms with E-state index in [2.05, 4.69) is 4.72 Å². The number of rotatable bonds is 5. The SMILES string of the molecule is O=S(=O)(C=Cc1ccc2c(c1)OCO2)NCc1ccc(Cl)cc1. The van der Waals surface area contributed by atoms with E-state index < -0.39 is 10.0 Å². The van der Waals surface area contributed by atoms with Crippen molar-refractivity contribution in [3.05, 3.63) is 64.0 Å². The zero-order valence-corrected chi connectivity index (χ0v) is 13.6. The van der Waals surface area contributed by atoms with E-state index in [0.717, 1.165) is 11.0 Å². The lowest BCUT2D eigenvalue weighted by Gasteiger charge is -2.03. The molecule has 120 valence electrons. The summed E-state index contributed by atoms with van der Waals surface area (Å²) in [6, 6.07) is 12.2. The summed E-state index contributed by atoms with van der Waals surface area (Å²) < 4.78 is 37.0. The van der Waals surface area contributed by atoms with E-state index in [0.29, 0.717) is 22.1 Å². The van der Waals surface area contributed by atoms with Gasteiger partial charge in [0.2, 0.25) is 16.8 Å². The first-order chi connectivity index (χ1) is 11.0. The van der Waals surface area contributed by atoms with Crippen LogP contribution in [0.25, 0.3) is 6.08 Å². The zero-order valence-electron chi connectivity index (χ0n) is 12.0. The Labute approximate surface area is 139 Å². The van der Waals surface area contributed by atoms with Crippen molar-refractivity contribution in [1.82, 2.24) is 4.72 Å². The van der Waals surface area contributed by atoms with Crippen molar-refractivity contribution in [1.29, 1.82) is 0 Å². The van der Waals surface area contributed by atoms with Gasteiger partial charge in [0.25, 0.3) is 0 Å². The standard InChI is InChI=1S/C16H14ClNO4S/c17-14-4-1-13(2-5-14)10-18-23(19,20)8-7-12-3-6-15-16(9-12)22-11-21-15/h1-9,18H,10-11H2. The largest absolute Gasteiger partial charge is 0.454 e. The van der Waals surface area contributed by atoms with Crippen LogP contribution in [0.3, 0.4) is 0 Å². The lowest BCUT2D eigenvalue weighted by molar-refractivity contribution is 0.174. The highest BCUT2D eigenvalue weighted by Gasteiger charge is 2.12. The van der Waals surface area contributed by atoms with Crippen LogP contribution in [0.2, 0.25) is 5.02 Å². The molecule has 0 spiro atoms. The van der Waals surface area contributed by atoms with Crippen LogP contribution in [-0.2, 0) is 16.6 Å². The van der Waals surface area contributed by atoms with Crippen LogP contribution in [-0.4, -0.2) is 15.2 Å². The summed E-state index contributed by atoms with van der Waals surface area (Å²) in [6.45, 7) is 0.383. The molecule has 0 bridgehead atoms. The Morgan fingerprint density at radius 1 is 1.09 bits per heavy atom. The molecule has 0 saturated heterocycles. The van der Waals surface area contributed by atoms with Gasteiger partial charge in [0.05, 0.1) is 0 Å². The van der Waals surface area contributed by atoms with Gasteiger partial charge in [-0.3, -0.25) is 0 Å². The summed E-state index contributed by atoms with van der Waals surface area (Å²) in [5.74, 6) is 1.27. The van der Waals surface area contributed by atoms with E-state index in [9.17, 15) is 8.42 Å². The predicted octanol–water partition coefficient (Wildman–Crippen LogP) is 3.16. The second-order valence-electron chi connectivity index (χ2n) is 4.91. The summed E-state index contributed by atoms with van der Waals surface area (Å²) in [5, 5.41) is 1.74. The van der Waals surface area contributed by atoms with Gasteiger partial charge < -0.3 is 9.47 Å². The van der Waals surface area contributed by atoms with Crippen LogP contribution < -0.4 is 14.2 Å². The molecule has 0 radical (unpaired) electrons. The molecule has 0 aliphatic carbocycles. The van der Waals surface area contributed by atoms with E-state index in [1.807, 2.05) is 0 Å². The van der Waals surface area contributed by atoms with E-state index in [1.165, 1.54) is 6.08 Å². The smallest absolute Gasteiger partial charge is 0.234 e. The van der Waals surface area contributed by atoms with E-state index >= 15 is 0 Å². The molecule has 0 atom stereocenters. The van der Waals surface area contributed by atoms with Gasteiger partial charge in [0, 0.05) is 17.0 Å². The van der Waals surface area contributed by atoms with Crippen molar-refractivity contribution in [3.63, 3.8) is 0 Å². The lowest BCUT2D eigenvalue weighted by atomic mass is 10.2. The lowest BCUT2D eigenvalue weighted by Crippen LogP contribution is -2.20. The number of halogens is 1. The monoisotopic (exact) mass is 351 g/mol. The first kappa shape index (κ1) is 15.9. The Morgan fingerprint density at radius 2 is 1.83 bits per heavy atom. The fraction of sp³-hybridized carbons (Fsp3) is 0.125. The van der Waals surface area contributed by atoms with Crippen molar-refractivity contribution < 1.29 is 17.9 Å². The average molecular weight is 352 g/mol. The average Bonchev–Trinajstić information content (AvgIpc) is 3.00. The van der Waals surface area contributed by atoms with Crippen molar-refractivity contribution in [2.75, 3.05) is 6.79 Å². The molecule has 1 aliphatic heterocycles. The van der Waals surface area contributed by atoms with Crippen LogP contribution in [0.15, 0.2) is 47.9 Å². The topological polar surface area (TPSA) is 64.6 Å². The number of hydrogen-bond donors (Lipinski definition) is 1. The Hall–Kier alpha value is -2.02. The summed E-state index contributed by atoms with van der Waals surface area (Å²) in [7, 11) is -3.54. The van der Waals surface area contributed by atoms with Gasteiger partial charge in [0.1, 0.15) is 0 Å². The third kappa shape index (κ3) is 4.25. The van der Waals surface area contributed by atoms with E-state index in [-0.39, 0.29) is 13.3 Å². The van der Waals surface area contributed by atoms with Gasteiger partial charge in [-0.25, -0.2) is 13.1 Å². The molecule has 3 rings (SSSR count). The number of ether oxygens (including phenoxy) is 2. The minimum Gasteiger partial charge on any atom is -0.454 e. The molecule has 2 aromatic carbocycles. The molecule has 0 aromatic heterocycles. The Balaban J connectivity index is 1.64. The number of fused-ring (bicyclic) bond motifs is 1. The van der Waals surface area contributed by atoms with Gasteiger partial charge in [-0.15, -0.1) is 0 Å². The predicted molar refractivity (Wildman–Crippen MR) is 88.8 cm³/mol. The van der Waals surface area contributed by atoms with E-state index in [4.69, 9.17) is 21.1 Å². The fourth-order valence-electron chi connectivity index (χ4n) is 2.02. The van der Waals surface area contributed by atoms with Crippen molar-refractivity contribution >= 4 is 27.7 Å². The van der Waals surface area contributed by atoms with Crippen LogP contribution in [0.5, 0.6) is 11.5 Å². The van der Waals surface area contributed by atoms with Crippen LogP contribution in [0.1, 0.15) is 11.1 Å². The van der Waals surface area contributed by atoms with Gasteiger partial charge in [-0.2, -0.15) is 0 Å². The summed E-state index contributed by atoms with van der Waals surface area (Å²) >= 11 is 5.79. The third-order valence-electron chi connectivity index (χ3n) is 3.23. The summed E-state index contributed by atoms with van der Waals surface area (Å²) in [5.41, 5.74) is 1.54. The Kier molecular flexibility index (Phi) is 4.56. The molecule has 0 unspecified atom stereocenters. The summed E-state index contributed by atoms with van der Waals surface area (Å²) in [4.78, 5) is 0. The van der Waals surface area contributed by atoms with E-state index in [1.54, 1.807) is 42.5 Å². The molecule has 1 aliphatic rings. The maximum atomic E-state index is 12.0. The molecule has 7 heteroatoms. The molecule has 1 heterocycles. The minimum atomic E-state index is -3.54. The fourth-order valence-corrected chi connectivity index (χ4v) is 2.95. The minimum absolute atomic E-state index is 0.184. The molecular weight excluding hydrogens is 338 g/mol. The third-order valence-corrected chi connectivity index (χ3v) is 4.52. The molecule has 2 aromatic rings. The number of sulfonamides is 1. The second kappa shape index (κ2) is 6.62. The Bertz CT molecular complexity index is 832. The van der Waals surface area contributed by atoms with Crippen molar-refractivity contribution in [2.24, 2.45) is 0 Å².